The number of hydrogen-bond acceptors (Lipinski definition) is 6. The highest BCUT2D eigenvalue weighted by Gasteiger charge is 2.41. The molecule has 0 radical (unpaired) electrons. The highest BCUT2D eigenvalue weighted by Crippen LogP contribution is 2.40. The second kappa shape index (κ2) is 7.07. The Morgan fingerprint density at radius 2 is 1.97 bits per heavy atom. The predicted molar refractivity (Wildman–Crippen MR) is 114 cm³/mol. The number of nitrogens with zero attached hydrogens (tertiary/aromatic N) is 3. The molecule has 7 nitrogen and oxygen atoms in total. The number of ether oxygens (including phenoxy) is 1. The second-order valence-electron chi connectivity index (χ2n) is 9.16. The van der Waals surface area contributed by atoms with E-state index in [2.05, 4.69) is 27.1 Å². The molecule has 30 heavy (non-hydrogen) atoms. The third-order valence-corrected chi connectivity index (χ3v) is 6.69. The zero-order valence-corrected chi connectivity index (χ0v) is 17.3. The Morgan fingerprint density at radius 1 is 1.17 bits per heavy atom. The predicted octanol–water partition coefficient (Wildman–Crippen LogP) is 2.93. The molecule has 0 unspecified atom stereocenters. The molecule has 2 saturated heterocycles. The molecule has 3 fully saturated rings. The van der Waals surface area contributed by atoms with Crippen molar-refractivity contribution in [1.29, 1.82) is 5.41 Å². The van der Waals surface area contributed by atoms with E-state index < -0.39 is 0 Å². The van der Waals surface area contributed by atoms with E-state index in [1.807, 2.05) is 30.3 Å². The van der Waals surface area contributed by atoms with E-state index in [1.54, 1.807) is 0 Å². The molecule has 1 amide bonds. The van der Waals surface area contributed by atoms with E-state index in [1.165, 1.54) is 6.33 Å². The van der Waals surface area contributed by atoms with Crippen molar-refractivity contribution in [3.8, 4) is 5.75 Å². The van der Waals surface area contributed by atoms with Gasteiger partial charge in [-0.15, -0.1) is 0 Å². The lowest BCUT2D eigenvalue weighted by Gasteiger charge is -2.38. The average molecular weight is 406 g/mol. The zero-order valence-electron chi connectivity index (χ0n) is 17.3. The van der Waals surface area contributed by atoms with Crippen LogP contribution in [0.25, 0.3) is 0 Å². The van der Waals surface area contributed by atoms with Crippen LogP contribution in [0.15, 0.2) is 36.7 Å². The van der Waals surface area contributed by atoms with Gasteiger partial charge < -0.3 is 15.0 Å². The van der Waals surface area contributed by atoms with Crippen molar-refractivity contribution in [1.82, 2.24) is 15.3 Å². The van der Waals surface area contributed by atoms with Gasteiger partial charge in [0.1, 0.15) is 23.5 Å². The normalized spacial score (nSPS) is 21.4. The highest BCUT2D eigenvalue weighted by molar-refractivity contribution is 6.10. The van der Waals surface area contributed by atoms with Gasteiger partial charge in [0.05, 0.1) is 11.4 Å². The molecule has 1 aromatic carbocycles. The van der Waals surface area contributed by atoms with Crippen LogP contribution < -0.4 is 15.0 Å². The summed E-state index contributed by atoms with van der Waals surface area (Å²) in [5, 5.41) is 11.6. The van der Waals surface area contributed by atoms with Crippen molar-refractivity contribution >= 4 is 17.4 Å². The number of hydrogen-bond donors (Lipinski definition) is 2. The number of benzene rings is 1. The van der Waals surface area contributed by atoms with Gasteiger partial charge in [0, 0.05) is 37.7 Å². The van der Waals surface area contributed by atoms with Gasteiger partial charge in [0.25, 0.3) is 0 Å². The van der Waals surface area contributed by atoms with Crippen LogP contribution >= 0.6 is 0 Å². The molecule has 1 saturated carbocycles. The number of nitrogens with one attached hydrogen (secondary N) is 2. The number of aromatic nitrogens is 2. The molecule has 156 valence electrons. The molecule has 0 atom stereocenters. The summed E-state index contributed by atoms with van der Waals surface area (Å²) >= 11 is 0. The standard InChI is InChI=1S/C23H27N5O2/c1-22(5-6-22)30-17-4-2-3-16(11-17)21(24)18-12-19(27-15-26-18)28-9-7-23(8-10-28)13-20(29)25-14-23/h2-4,11-12,15,24H,5-10,13-14H2,1H3,(H,25,29). The number of piperidine rings is 1. The lowest BCUT2D eigenvalue weighted by atomic mass is 9.77. The van der Waals surface area contributed by atoms with Crippen LogP contribution in [0.5, 0.6) is 5.75 Å². The summed E-state index contributed by atoms with van der Waals surface area (Å²) in [5.41, 5.74) is 1.81. The Kier molecular flexibility index (Phi) is 4.49. The highest BCUT2D eigenvalue weighted by atomic mass is 16.5. The van der Waals surface area contributed by atoms with Crippen LogP contribution in [0.2, 0.25) is 0 Å². The maximum atomic E-state index is 11.6. The molecular weight excluding hydrogens is 378 g/mol. The Hall–Kier alpha value is -2.96. The average Bonchev–Trinajstić information content (AvgIpc) is 3.38. The van der Waals surface area contributed by atoms with Crippen molar-refractivity contribution in [3.05, 3.63) is 47.9 Å². The first kappa shape index (κ1) is 19.0. The Balaban J connectivity index is 1.30. The topological polar surface area (TPSA) is 91.2 Å². The zero-order chi connectivity index (χ0) is 20.8. The van der Waals surface area contributed by atoms with Crippen molar-refractivity contribution in [2.75, 3.05) is 24.5 Å². The van der Waals surface area contributed by atoms with E-state index >= 15 is 0 Å². The summed E-state index contributed by atoms with van der Waals surface area (Å²) in [6.07, 6.45) is 6.27. The number of anilines is 1. The molecule has 5 rings (SSSR count). The lowest BCUT2D eigenvalue weighted by Crippen LogP contribution is -2.41. The lowest BCUT2D eigenvalue weighted by molar-refractivity contribution is -0.119. The number of amides is 1. The molecule has 7 heteroatoms. The molecule has 3 aliphatic rings. The number of carbonyl (C=O) groups excluding carboxylic acids is 1. The van der Waals surface area contributed by atoms with Crippen LogP contribution in [0.4, 0.5) is 5.82 Å². The fourth-order valence-corrected chi connectivity index (χ4v) is 4.40. The molecule has 2 aromatic rings. The van der Waals surface area contributed by atoms with Crippen LogP contribution in [-0.2, 0) is 4.79 Å². The maximum Gasteiger partial charge on any atom is 0.220 e. The van der Waals surface area contributed by atoms with Gasteiger partial charge in [-0.2, -0.15) is 0 Å². The van der Waals surface area contributed by atoms with Crippen molar-refractivity contribution in [2.24, 2.45) is 5.41 Å². The Morgan fingerprint density at radius 3 is 2.67 bits per heavy atom. The van der Waals surface area contributed by atoms with E-state index in [0.29, 0.717) is 17.8 Å². The van der Waals surface area contributed by atoms with Crippen LogP contribution in [0.3, 0.4) is 0 Å². The summed E-state index contributed by atoms with van der Waals surface area (Å²) in [7, 11) is 0. The summed E-state index contributed by atoms with van der Waals surface area (Å²) in [5.74, 6) is 1.81. The van der Waals surface area contributed by atoms with Crippen molar-refractivity contribution < 1.29 is 9.53 Å². The van der Waals surface area contributed by atoms with E-state index in [4.69, 9.17) is 10.1 Å². The molecule has 1 aliphatic carbocycles. The Bertz CT molecular complexity index is 993. The fraction of sp³-hybridized carbons (Fsp3) is 0.478. The van der Waals surface area contributed by atoms with Gasteiger partial charge in [-0.25, -0.2) is 9.97 Å². The quantitative estimate of drug-likeness (QED) is 0.747. The molecule has 3 heterocycles. The molecular formula is C23H27N5O2. The molecule has 0 bridgehead atoms. The van der Waals surface area contributed by atoms with Crippen LogP contribution in [-0.4, -0.2) is 46.8 Å². The van der Waals surface area contributed by atoms with Gasteiger partial charge in [0.2, 0.25) is 5.91 Å². The first-order chi connectivity index (χ1) is 14.4. The van der Waals surface area contributed by atoms with Gasteiger partial charge in [-0.3, -0.25) is 10.2 Å². The molecule has 1 aromatic heterocycles. The van der Waals surface area contributed by atoms with Gasteiger partial charge in [-0.1, -0.05) is 12.1 Å². The molecule has 1 spiro atoms. The monoisotopic (exact) mass is 405 g/mol. The molecule has 2 N–H and O–H groups in total. The van der Waals surface area contributed by atoms with E-state index in [0.717, 1.165) is 62.4 Å². The number of carbonyl (C=O) groups is 1. The van der Waals surface area contributed by atoms with Crippen LogP contribution in [0.1, 0.15) is 50.3 Å². The maximum absolute atomic E-state index is 11.6. The fourth-order valence-electron chi connectivity index (χ4n) is 4.40. The van der Waals surface area contributed by atoms with Gasteiger partial charge in [-0.05, 0) is 50.2 Å². The van der Waals surface area contributed by atoms with Gasteiger partial charge >= 0.3 is 0 Å². The second-order valence-corrected chi connectivity index (χ2v) is 9.16. The van der Waals surface area contributed by atoms with E-state index in [9.17, 15) is 4.79 Å². The minimum atomic E-state index is -0.0476. The SMILES string of the molecule is CC1(Oc2cccc(C(=N)c3cc(N4CCC5(CC4)CNC(=O)C5)ncn3)c2)CC1. The minimum absolute atomic E-state index is 0.0476. The first-order valence-corrected chi connectivity index (χ1v) is 10.7. The number of rotatable bonds is 5. The summed E-state index contributed by atoms with van der Waals surface area (Å²) < 4.78 is 6.05. The third kappa shape index (κ3) is 3.76. The smallest absolute Gasteiger partial charge is 0.220 e. The largest absolute Gasteiger partial charge is 0.488 e. The van der Waals surface area contributed by atoms with E-state index in [-0.39, 0.29) is 16.9 Å². The minimum Gasteiger partial charge on any atom is -0.488 e. The Labute approximate surface area is 176 Å². The third-order valence-electron chi connectivity index (χ3n) is 6.69. The van der Waals surface area contributed by atoms with Gasteiger partial charge in [0.15, 0.2) is 0 Å². The van der Waals surface area contributed by atoms with Crippen LogP contribution in [0, 0.1) is 10.8 Å². The van der Waals surface area contributed by atoms with Crippen molar-refractivity contribution in [3.63, 3.8) is 0 Å². The summed E-state index contributed by atoms with van der Waals surface area (Å²) in [6, 6.07) is 9.60. The summed E-state index contributed by atoms with van der Waals surface area (Å²) in [6.45, 7) is 4.63. The summed E-state index contributed by atoms with van der Waals surface area (Å²) in [4.78, 5) is 22.7. The molecule has 2 aliphatic heterocycles. The first-order valence-electron chi connectivity index (χ1n) is 10.7. The van der Waals surface area contributed by atoms with Crippen molar-refractivity contribution in [2.45, 2.75) is 44.6 Å².